The van der Waals surface area contributed by atoms with Crippen LogP contribution in [0, 0.1) is 0 Å². The van der Waals surface area contributed by atoms with Crippen LogP contribution in [0.1, 0.15) is 30.4 Å². The van der Waals surface area contributed by atoms with E-state index in [4.69, 9.17) is 10.5 Å². The predicted molar refractivity (Wildman–Crippen MR) is 69.5 cm³/mol. The highest BCUT2D eigenvalue weighted by molar-refractivity contribution is 9.10. The summed E-state index contributed by atoms with van der Waals surface area (Å²) in [6, 6.07) is 4.04. The van der Waals surface area contributed by atoms with Crippen LogP contribution in [0.2, 0.25) is 0 Å². The number of halogens is 4. The van der Waals surface area contributed by atoms with Crippen LogP contribution in [0.4, 0.5) is 13.2 Å². The van der Waals surface area contributed by atoms with Crippen LogP contribution in [0.5, 0.6) is 0 Å². The number of nitrogens with two attached hydrogens (primary N) is 1. The maximum absolute atomic E-state index is 12.9. The lowest BCUT2D eigenvalue weighted by Crippen LogP contribution is -2.31. The molecule has 0 heterocycles. The Kier molecular flexibility index (Phi) is 4.53. The van der Waals surface area contributed by atoms with Gasteiger partial charge in [-0.25, -0.2) is 0 Å². The van der Waals surface area contributed by atoms with E-state index in [-0.39, 0.29) is 24.3 Å². The lowest BCUT2D eigenvalue weighted by Gasteiger charge is -2.19. The maximum atomic E-state index is 12.9. The first-order chi connectivity index (χ1) is 8.88. The third-order valence-corrected chi connectivity index (χ3v) is 3.83. The van der Waals surface area contributed by atoms with Crippen molar-refractivity contribution in [2.75, 3.05) is 0 Å². The average Bonchev–Trinajstić information content (AvgIpc) is 2.72. The normalized spacial score (nSPS) is 23.8. The van der Waals surface area contributed by atoms with Crippen molar-refractivity contribution >= 4 is 15.9 Å². The SMILES string of the molecule is N[C@H]1CCCC1OCc1ccc(Br)cc1C(F)(F)F. The molecule has 0 amide bonds. The van der Waals surface area contributed by atoms with Gasteiger partial charge in [0.1, 0.15) is 0 Å². The highest BCUT2D eigenvalue weighted by Crippen LogP contribution is 2.34. The average molecular weight is 338 g/mol. The van der Waals surface area contributed by atoms with Gasteiger partial charge in [0.15, 0.2) is 0 Å². The second kappa shape index (κ2) is 5.81. The molecule has 1 unspecified atom stereocenters. The Morgan fingerprint density at radius 2 is 2.05 bits per heavy atom. The Balaban J connectivity index is 2.11. The molecule has 2 nitrogen and oxygen atoms in total. The molecular weight excluding hydrogens is 323 g/mol. The van der Waals surface area contributed by atoms with E-state index in [1.807, 2.05) is 0 Å². The van der Waals surface area contributed by atoms with Gasteiger partial charge < -0.3 is 10.5 Å². The fourth-order valence-corrected chi connectivity index (χ4v) is 2.66. The van der Waals surface area contributed by atoms with Gasteiger partial charge in [0.05, 0.1) is 18.3 Å². The van der Waals surface area contributed by atoms with Crippen molar-refractivity contribution in [2.24, 2.45) is 5.73 Å². The van der Waals surface area contributed by atoms with E-state index >= 15 is 0 Å². The van der Waals surface area contributed by atoms with Crippen LogP contribution in [0.3, 0.4) is 0 Å². The predicted octanol–water partition coefficient (Wildman–Crippen LogP) is 3.86. The molecule has 1 aromatic carbocycles. The van der Waals surface area contributed by atoms with Crippen LogP contribution in [0.15, 0.2) is 22.7 Å². The molecule has 2 rings (SSSR count). The van der Waals surface area contributed by atoms with Crippen molar-refractivity contribution < 1.29 is 17.9 Å². The fraction of sp³-hybridized carbons (Fsp3) is 0.538. The summed E-state index contributed by atoms with van der Waals surface area (Å²) >= 11 is 3.05. The Bertz CT molecular complexity index is 450. The highest BCUT2D eigenvalue weighted by atomic mass is 79.9. The van der Waals surface area contributed by atoms with Crippen LogP contribution in [-0.4, -0.2) is 12.1 Å². The first-order valence-electron chi connectivity index (χ1n) is 6.11. The topological polar surface area (TPSA) is 35.2 Å². The summed E-state index contributed by atoms with van der Waals surface area (Å²) in [4.78, 5) is 0. The van der Waals surface area contributed by atoms with E-state index in [0.29, 0.717) is 4.47 Å². The molecule has 0 aromatic heterocycles. The van der Waals surface area contributed by atoms with Crippen molar-refractivity contribution in [1.82, 2.24) is 0 Å². The van der Waals surface area contributed by atoms with Gasteiger partial charge in [0, 0.05) is 10.5 Å². The quantitative estimate of drug-likeness (QED) is 0.908. The second-order valence-electron chi connectivity index (χ2n) is 4.74. The summed E-state index contributed by atoms with van der Waals surface area (Å²) in [5.41, 5.74) is 5.33. The maximum Gasteiger partial charge on any atom is 0.416 e. The summed E-state index contributed by atoms with van der Waals surface area (Å²) in [5.74, 6) is 0. The fourth-order valence-electron chi connectivity index (χ4n) is 2.30. The first-order valence-corrected chi connectivity index (χ1v) is 6.90. The van der Waals surface area contributed by atoms with E-state index in [1.54, 1.807) is 6.07 Å². The third kappa shape index (κ3) is 3.70. The molecule has 106 valence electrons. The molecule has 1 aliphatic carbocycles. The van der Waals surface area contributed by atoms with Crippen molar-refractivity contribution in [3.8, 4) is 0 Å². The molecule has 19 heavy (non-hydrogen) atoms. The molecule has 1 saturated carbocycles. The molecule has 1 aromatic rings. The van der Waals surface area contributed by atoms with Gasteiger partial charge in [0.2, 0.25) is 0 Å². The minimum atomic E-state index is -4.37. The minimum absolute atomic E-state index is 0.0551. The second-order valence-corrected chi connectivity index (χ2v) is 5.66. The summed E-state index contributed by atoms with van der Waals surface area (Å²) in [6.07, 6.45) is -1.85. The molecule has 2 atom stereocenters. The molecule has 2 N–H and O–H groups in total. The highest BCUT2D eigenvalue weighted by Gasteiger charge is 2.34. The zero-order valence-corrected chi connectivity index (χ0v) is 11.8. The molecule has 0 bridgehead atoms. The Labute approximate surface area is 118 Å². The summed E-state index contributed by atoms with van der Waals surface area (Å²) in [7, 11) is 0. The molecular formula is C13H15BrF3NO. The minimum Gasteiger partial charge on any atom is -0.372 e. The summed E-state index contributed by atoms with van der Waals surface area (Å²) < 4.78 is 44.7. The number of ether oxygens (including phenoxy) is 1. The van der Waals surface area contributed by atoms with E-state index in [0.717, 1.165) is 25.3 Å². The van der Waals surface area contributed by atoms with Crippen molar-refractivity contribution in [1.29, 1.82) is 0 Å². The number of hydrogen-bond acceptors (Lipinski definition) is 2. The van der Waals surface area contributed by atoms with Crippen LogP contribution in [0.25, 0.3) is 0 Å². The van der Waals surface area contributed by atoms with Gasteiger partial charge in [-0.3, -0.25) is 0 Å². The largest absolute Gasteiger partial charge is 0.416 e. The third-order valence-electron chi connectivity index (χ3n) is 3.33. The van der Waals surface area contributed by atoms with Gasteiger partial charge in [-0.1, -0.05) is 22.0 Å². The summed E-state index contributed by atoms with van der Waals surface area (Å²) in [5, 5.41) is 0. The summed E-state index contributed by atoms with van der Waals surface area (Å²) in [6.45, 7) is -0.0551. The van der Waals surface area contributed by atoms with Crippen LogP contribution in [-0.2, 0) is 17.5 Å². The Morgan fingerprint density at radius 1 is 1.32 bits per heavy atom. The van der Waals surface area contributed by atoms with Crippen LogP contribution >= 0.6 is 15.9 Å². The van der Waals surface area contributed by atoms with Crippen molar-refractivity contribution in [3.63, 3.8) is 0 Å². The Hall–Kier alpha value is -0.590. The van der Waals surface area contributed by atoms with Gasteiger partial charge in [-0.05, 0) is 37.0 Å². The van der Waals surface area contributed by atoms with E-state index in [2.05, 4.69) is 15.9 Å². The van der Waals surface area contributed by atoms with E-state index in [9.17, 15) is 13.2 Å². The first kappa shape index (κ1) is 14.8. The number of hydrogen-bond donors (Lipinski definition) is 1. The molecule has 0 aliphatic heterocycles. The number of alkyl halides is 3. The molecule has 1 aliphatic rings. The molecule has 6 heteroatoms. The van der Waals surface area contributed by atoms with Gasteiger partial charge in [0.25, 0.3) is 0 Å². The van der Waals surface area contributed by atoms with Gasteiger partial charge >= 0.3 is 6.18 Å². The molecule has 1 fully saturated rings. The smallest absolute Gasteiger partial charge is 0.372 e. The number of rotatable bonds is 3. The Morgan fingerprint density at radius 3 is 2.63 bits per heavy atom. The van der Waals surface area contributed by atoms with Gasteiger partial charge in [-0.2, -0.15) is 13.2 Å². The monoisotopic (exact) mass is 337 g/mol. The number of benzene rings is 1. The lowest BCUT2D eigenvalue weighted by atomic mass is 10.1. The zero-order valence-electron chi connectivity index (χ0n) is 10.2. The van der Waals surface area contributed by atoms with Crippen molar-refractivity contribution in [2.45, 2.75) is 44.2 Å². The van der Waals surface area contributed by atoms with E-state index in [1.165, 1.54) is 6.07 Å². The standard InChI is InChI=1S/C13H15BrF3NO/c14-9-5-4-8(10(6-9)13(15,16)17)7-19-12-3-1-2-11(12)18/h4-6,11-12H,1-3,7,18H2/t11-,12?/m0/s1. The zero-order chi connectivity index (χ0) is 14.0. The van der Waals surface area contributed by atoms with E-state index < -0.39 is 11.7 Å². The van der Waals surface area contributed by atoms with Gasteiger partial charge in [-0.15, -0.1) is 0 Å². The molecule has 0 radical (unpaired) electrons. The van der Waals surface area contributed by atoms with Crippen molar-refractivity contribution in [3.05, 3.63) is 33.8 Å². The van der Waals surface area contributed by atoms with Crippen LogP contribution < -0.4 is 5.73 Å². The lowest BCUT2D eigenvalue weighted by molar-refractivity contribution is -0.139. The molecule has 0 saturated heterocycles. The molecule has 0 spiro atoms.